The van der Waals surface area contributed by atoms with Crippen molar-refractivity contribution in [1.82, 2.24) is 9.78 Å². The summed E-state index contributed by atoms with van der Waals surface area (Å²) in [4.78, 5) is 13.0. The van der Waals surface area contributed by atoms with Crippen molar-refractivity contribution in [1.29, 1.82) is 0 Å². The van der Waals surface area contributed by atoms with Crippen LogP contribution in [0.25, 0.3) is 11.3 Å². The van der Waals surface area contributed by atoms with E-state index in [1.54, 1.807) is 10.9 Å². The maximum absolute atomic E-state index is 14.2. The van der Waals surface area contributed by atoms with Gasteiger partial charge in [0.2, 0.25) is 0 Å². The summed E-state index contributed by atoms with van der Waals surface area (Å²) in [5, 5.41) is 7.54. The van der Waals surface area contributed by atoms with Gasteiger partial charge in [0.05, 0.1) is 17.8 Å². The molecule has 0 saturated carbocycles. The number of carbonyl (C=O) groups is 1. The molecule has 1 N–H and O–H groups in total. The summed E-state index contributed by atoms with van der Waals surface area (Å²) >= 11 is 5.80. The zero-order valence-electron chi connectivity index (χ0n) is 16.3. The first-order valence-corrected chi connectivity index (χ1v) is 9.82. The van der Waals surface area contributed by atoms with Gasteiger partial charge in [-0.2, -0.15) is 5.10 Å². The molecule has 4 aromatic rings. The third-order valence-electron chi connectivity index (χ3n) is 4.70. The van der Waals surface area contributed by atoms with E-state index in [0.29, 0.717) is 17.8 Å². The van der Waals surface area contributed by atoms with Crippen LogP contribution in [0.15, 0.2) is 79.0 Å². The van der Waals surface area contributed by atoms with E-state index < -0.39 is 11.7 Å². The fourth-order valence-electron chi connectivity index (χ4n) is 3.14. The highest BCUT2D eigenvalue weighted by atomic mass is 35.5. The van der Waals surface area contributed by atoms with Gasteiger partial charge in [-0.25, -0.2) is 4.39 Å². The number of nitrogens with one attached hydrogen (secondary N) is 1. The van der Waals surface area contributed by atoms with Gasteiger partial charge in [0.25, 0.3) is 5.91 Å². The first-order valence-electron chi connectivity index (χ1n) is 9.44. The second-order valence-electron chi connectivity index (χ2n) is 7.02. The van der Waals surface area contributed by atoms with Gasteiger partial charge < -0.3 is 5.32 Å². The SMILES string of the molecule is Cc1ccc(-c2nn(Cc3ccccc3)cc2C(=O)Nc2ccc(Cl)cc2F)cc1. The Morgan fingerprint density at radius 1 is 1.07 bits per heavy atom. The van der Waals surface area contributed by atoms with Crippen LogP contribution in [-0.2, 0) is 6.54 Å². The monoisotopic (exact) mass is 419 g/mol. The van der Waals surface area contributed by atoms with E-state index in [1.807, 2.05) is 61.5 Å². The molecular weight excluding hydrogens is 401 g/mol. The highest BCUT2D eigenvalue weighted by Gasteiger charge is 2.19. The molecule has 0 saturated heterocycles. The Kier molecular flexibility index (Phi) is 5.63. The van der Waals surface area contributed by atoms with Crippen molar-refractivity contribution >= 4 is 23.2 Å². The Labute approximate surface area is 178 Å². The molecule has 4 nitrogen and oxygen atoms in total. The van der Waals surface area contributed by atoms with E-state index in [-0.39, 0.29) is 10.7 Å². The van der Waals surface area contributed by atoms with Crippen LogP contribution in [0.1, 0.15) is 21.5 Å². The molecule has 150 valence electrons. The van der Waals surface area contributed by atoms with Crippen molar-refractivity contribution in [3.63, 3.8) is 0 Å². The number of nitrogens with zero attached hydrogens (tertiary/aromatic N) is 2. The number of halogens is 2. The van der Waals surface area contributed by atoms with Crippen LogP contribution in [0.2, 0.25) is 5.02 Å². The number of benzene rings is 3. The number of hydrogen-bond donors (Lipinski definition) is 1. The molecule has 1 amide bonds. The lowest BCUT2D eigenvalue weighted by atomic mass is 10.1. The van der Waals surface area contributed by atoms with E-state index in [4.69, 9.17) is 11.6 Å². The van der Waals surface area contributed by atoms with Gasteiger partial charge in [0.1, 0.15) is 11.5 Å². The van der Waals surface area contributed by atoms with Crippen LogP contribution in [0.5, 0.6) is 0 Å². The molecule has 0 radical (unpaired) electrons. The molecule has 0 aliphatic carbocycles. The first-order chi connectivity index (χ1) is 14.5. The summed E-state index contributed by atoms with van der Waals surface area (Å²) in [6, 6.07) is 21.8. The summed E-state index contributed by atoms with van der Waals surface area (Å²) in [5.74, 6) is -1.03. The van der Waals surface area contributed by atoms with Crippen LogP contribution in [0.3, 0.4) is 0 Å². The summed E-state index contributed by atoms with van der Waals surface area (Å²) < 4.78 is 15.9. The van der Waals surface area contributed by atoms with Gasteiger partial charge in [-0.3, -0.25) is 9.48 Å². The second kappa shape index (κ2) is 8.51. The minimum absolute atomic E-state index is 0.0649. The van der Waals surface area contributed by atoms with E-state index >= 15 is 0 Å². The summed E-state index contributed by atoms with van der Waals surface area (Å²) in [6.07, 6.45) is 1.69. The number of aromatic nitrogens is 2. The molecular formula is C24H19ClFN3O. The van der Waals surface area contributed by atoms with E-state index in [2.05, 4.69) is 10.4 Å². The molecule has 0 atom stereocenters. The van der Waals surface area contributed by atoms with Gasteiger partial charge in [-0.1, -0.05) is 71.8 Å². The topological polar surface area (TPSA) is 46.9 Å². The number of carbonyl (C=O) groups excluding carboxylic acids is 1. The molecule has 0 fully saturated rings. The minimum atomic E-state index is -0.593. The molecule has 0 unspecified atom stereocenters. The standard InChI is InChI=1S/C24H19ClFN3O/c1-16-7-9-18(10-8-16)23-20(15-29(28-23)14-17-5-3-2-4-6-17)24(30)27-22-12-11-19(25)13-21(22)26/h2-13,15H,14H2,1H3,(H,27,30). The highest BCUT2D eigenvalue weighted by molar-refractivity contribution is 6.30. The average molecular weight is 420 g/mol. The molecule has 0 spiro atoms. The summed E-state index contributed by atoms with van der Waals surface area (Å²) in [5.41, 5.74) is 3.95. The molecule has 30 heavy (non-hydrogen) atoms. The first kappa shape index (κ1) is 19.9. The molecule has 4 rings (SSSR count). The Bertz CT molecular complexity index is 1190. The van der Waals surface area contributed by atoms with Crippen LogP contribution < -0.4 is 5.32 Å². The summed E-state index contributed by atoms with van der Waals surface area (Å²) in [7, 11) is 0. The average Bonchev–Trinajstić information content (AvgIpc) is 3.15. The smallest absolute Gasteiger partial charge is 0.259 e. The predicted octanol–water partition coefficient (Wildman–Crippen LogP) is 5.95. The quantitative estimate of drug-likeness (QED) is 0.434. The van der Waals surface area contributed by atoms with Crippen LogP contribution >= 0.6 is 11.6 Å². The molecule has 0 aliphatic rings. The van der Waals surface area contributed by atoms with Crippen molar-refractivity contribution in [3.8, 4) is 11.3 Å². The number of rotatable bonds is 5. The van der Waals surface area contributed by atoms with Gasteiger partial charge >= 0.3 is 0 Å². The minimum Gasteiger partial charge on any atom is -0.319 e. The van der Waals surface area contributed by atoms with Crippen molar-refractivity contribution in [2.24, 2.45) is 0 Å². The third-order valence-corrected chi connectivity index (χ3v) is 4.93. The maximum atomic E-state index is 14.2. The van der Waals surface area contributed by atoms with Gasteiger partial charge in [0, 0.05) is 16.8 Å². The van der Waals surface area contributed by atoms with E-state index in [9.17, 15) is 9.18 Å². The second-order valence-corrected chi connectivity index (χ2v) is 7.46. The lowest BCUT2D eigenvalue weighted by molar-refractivity contribution is 0.102. The van der Waals surface area contributed by atoms with Crippen LogP contribution in [0.4, 0.5) is 10.1 Å². The fourth-order valence-corrected chi connectivity index (χ4v) is 3.30. The van der Waals surface area contributed by atoms with E-state index in [0.717, 1.165) is 22.8 Å². The molecule has 0 bridgehead atoms. The Morgan fingerprint density at radius 3 is 2.50 bits per heavy atom. The highest BCUT2D eigenvalue weighted by Crippen LogP contribution is 2.25. The number of anilines is 1. The molecule has 6 heteroatoms. The zero-order chi connectivity index (χ0) is 21.1. The zero-order valence-corrected chi connectivity index (χ0v) is 17.0. The Hall–Kier alpha value is -3.44. The lowest BCUT2D eigenvalue weighted by Crippen LogP contribution is -2.13. The lowest BCUT2D eigenvalue weighted by Gasteiger charge is -2.07. The molecule has 0 aliphatic heterocycles. The van der Waals surface area contributed by atoms with Gasteiger partial charge in [-0.15, -0.1) is 0 Å². The van der Waals surface area contributed by atoms with E-state index in [1.165, 1.54) is 12.1 Å². The molecule has 3 aromatic carbocycles. The third kappa shape index (κ3) is 4.42. The normalized spacial score (nSPS) is 10.8. The van der Waals surface area contributed by atoms with Crippen molar-refractivity contribution in [2.45, 2.75) is 13.5 Å². The molecule has 1 heterocycles. The fraction of sp³-hybridized carbons (Fsp3) is 0.0833. The maximum Gasteiger partial charge on any atom is 0.259 e. The van der Waals surface area contributed by atoms with Crippen molar-refractivity contribution in [3.05, 3.63) is 107 Å². The number of hydrogen-bond acceptors (Lipinski definition) is 2. The molecule has 1 aromatic heterocycles. The largest absolute Gasteiger partial charge is 0.319 e. The number of amides is 1. The van der Waals surface area contributed by atoms with Crippen molar-refractivity contribution in [2.75, 3.05) is 5.32 Å². The predicted molar refractivity (Wildman–Crippen MR) is 117 cm³/mol. The Balaban J connectivity index is 1.70. The van der Waals surface area contributed by atoms with Gasteiger partial charge in [-0.05, 0) is 30.7 Å². The van der Waals surface area contributed by atoms with Crippen LogP contribution in [-0.4, -0.2) is 15.7 Å². The summed E-state index contributed by atoms with van der Waals surface area (Å²) in [6.45, 7) is 2.51. The van der Waals surface area contributed by atoms with Crippen molar-refractivity contribution < 1.29 is 9.18 Å². The number of aryl methyl sites for hydroxylation is 1. The Morgan fingerprint density at radius 2 is 1.80 bits per heavy atom. The van der Waals surface area contributed by atoms with Gasteiger partial charge in [0.15, 0.2) is 0 Å². The van der Waals surface area contributed by atoms with Crippen LogP contribution in [0, 0.1) is 12.7 Å².